The Labute approximate surface area is 192 Å². The molecule has 0 aromatic heterocycles. The highest BCUT2D eigenvalue weighted by Crippen LogP contribution is 2.68. The Hall–Kier alpha value is -0.340. The molecule has 0 saturated heterocycles. The van der Waals surface area contributed by atoms with Crippen LogP contribution in [0.5, 0.6) is 0 Å². The first-order chi connectivity index (χ1) is 14.5. The third-order valence-electron chi connectivity index (χ3n) is 11.6. The highest BCUT2D eigenvalue weighted by molar-refractivity contribution is 5.18. The topological polar surface area (TPSA) is 29.5 Å². The molecule has 4 aliphatic carbocycles. The van der Waals surface area contributed by atoms with E-state index in [2.05, 4.69) is 40.7 Å². The van der Waals surface area contributed by atoms with E-state index >= 15 is 0 Å². The van der Waals surface area contributed by atoms with Gasteiger partial charge < -0.3 is 9.84 Å². The van der Waals surface area contributed by atoms with E-state index in [-0.39, 0.29) is 5.60 Å². The molecule has 0 aromatic rings. The van der Waals surface area contributed by atoms with Gasteiger partial charge in [0.1, 0.15) is 0 Å². The molecule has 4 saturated carbocycles. The number of hydrogen-bond donors (Lipinski definition) is 1. The molecule has 4 rings (SSSR count). The van der Waals surface area contributed by atoms with Gasteiger partial charge in [0, 0.05) is 7.11 Å². The second-order valence-electron chi connectivity index (χ2n) is 13.2. The van der Waals surface area contributed by atoms with Gasteiger partial charge in [-0.25, -0.2) is 0 Å². The van der Waals surface area contributed by atoms with Crippen LogP contribution in [-0.4, -0.2) is 23.4 Å². The zero-order valence-electron chi connectivity index (χ0n) is 21.6. The number of fused-ring (bicyclic) bond motifs is 5. The lowest BCUT2D eigenvalue weighted by Gasteiger charge is -2.62. The van der Waals surface area contributed by atoms with E-state index in [1.54, 1.807) is 5.57 Å². The number of aliphatic hydroxyl groups is 1. The standard InChI is InChI=1S/C29H50O2/c1-8-26(3,30)15-13-20(2)23-11-12-24-22-10-9-21-19-27(4,31-7)17-18-28(21,5)25(22)14-16-29(23,24)6/h13,21-25,30H,8-12,14-19H2,1-7H3. The van der Waals surface area contributed by atoms with Crippen molar-refractivity contribution in [2.24, 2.45) is 40.4 Å². The number of ether oxygens (including phenoxy) is 1. The third kappa shape index (κ3) is 3.96. The molecule has 4 fully saturated rings. The smallest absolute Gasteiger partial charge is 0.0653 e. The average Bonchev–Trinajstić information content (AvgIpc) is 3.10. The summed E-state index contributed by atoms with van der Waals surface area (Å²) in [6.45, 7) is 14.1. The van der Waals surface area contributed by atoms with Crippen molar-refractivity contribution in [1.29, 1.82) is 0 Å². The quantitative estimate of drug-likeness (QED) is 0.456. The van der Waals surface area contributed by atoms with Crippen LogP contribution in [0.4, 0.5) is 0 Å². The van der Waals surface area contributed by atoms with Gasteiger partial charge in [0.2, 0.25) is 0 Å². The van der Waals surface area contributed by atoms with E-state index in [1.165, 1.54) is 57.8 Å². The Morgan fingerprint density at radius 2 is 1.71 bits per heavy atom. The van der Waals surface area contributed by atoms with Crippen LogP contribution in [0.1, 0.15) is 112 Å². The average molecular weight is 431 g/mol. The lowest BCUT2D eigenvalue weighted by atomic mass is 9.44. The van der Waals surface area contributed by atoms with Gasteiger partial charge in [-0.1, -0.05) is 32.4 Å². The minimum atomic E-state index is -0.553. The summed E-state index contributed by atoms with van der Waals surface area (Å²) in [4.78, 5) is 0. The molecule has 1 N–H and O–H groups in total. The normalized spacial score (nSPS) is 49.7. The summed E-state index contributed by atoms with van der Waals surface area (Å²) in [7, 11) is 1.93. The second kappa shape index (κ2) is 8.15. The number of allylic oxidation sites excluding steroid dienone is 1. The molecule has 0 bridgehead atoms. The van der Waals surface area contributed by atoms with E-state index in [4.69, 9.17) is 4.74 Å². The minimum absolute atomic E-state index is 0.111. The molecule has 4 aliphatic rings. The van der Waals surface area contributed by atoms with Gasteiger partial charge in [-0.2, -0.15) is 0 Å². The first-order valence-corrected chi connectivity index (χ1v) is 13.4. The summed E-state index contributed by atoms with van der Waals surface area (Å²) < 4.78 is 5.97. The van der Waals surface area contributed by atoms with Crippen LogP contribution >= 0.6 is 0 Å². The Morgan fingerprint density at radius 3 is 2.39 bits per heavy atom. The fourth-order valence-electron chi connectivity index (χ4n) is 9.02. The van der Waals surface area contributed by atoms with Crippen molar-refractivity contribution in [2.75, 3.05) is 7.11 Å². The summed E-state index contributed by atoms with van der Waals surface area (Å²) in [5, 5.41) is 10.5. The van der Waals surface area contributed by atoms with Crippen LogP contribution in [0, 0.1) is 40.4 Å². The Balaban J connectivity index is 1.52. The second-order valence-corrected chi connectivity index (χ2v) is 13.2. The van der Waals surface area contributed by atoms with E-state index in [0.717, 1.165) is 42.4 Å². The van der Waals surface area contributed by atoms with Gasteiger partial charge in [0.15, 0.2) is 0 Å². The van der Waals surface area contributed by atoms with Crippen molar-refractivity contribution in [1.82, 2.24) is 0 Å². The van der Waals surface area contributed by atoms with Crippen LogP contribution in [0.3, 0.4) is 0 Å². The van der Waals surface area contributed by atoms with Crippen molar-refractivity contribution < 1.29 is 9.84 Å². The van der Waals surface area contributed by atoms with Crippen LogP contribution in [0.15, 0.2) is 11.6 Å². The lowest BCUT2D eigenvalue weighted by molar-refractivity contribution is -0.153. The van der Waals surface area contributed by atoms with Crippen molar-refractivity contribution in [3.8, 4) is 0 Å². The summed E-state index contributed by atoms with van der Waals surface area (Å²) in [5.41, 5.74) is 2.12. The van der Waals surface area contributed by atoms with E-state index in [9.17, 15) is 5.11 Å². The van der Waals surface area contributed by atoms with Crippen molar-refractivity contribution in [3.05, 3.63) is 11.6 Å². The van der Waals surface area contributed by atoms with Crippen LogP contribution in [0.25, 0.3) is 0 Å². The Kier molecular flexibility index (Phi) is 6.26. The zero-order valence-corrected chi connectivity index (χ0v) is 21.6. The number of hydrogen-bond acceptors (Lipinski definition) is 2. The van der Waals surface area contributed by atoms with Crippen LogP contribution < -0.4 is 0 Å². The maximum atomic E-state index is 10.5. The van der Waals surface area contributed by atoms with Gasteiger partial charge in [0.05, 0.1) is 11.2 Å². The van der Waals surface area contributed by atoms with Crippen LogP contribution in [-0.2, 0) is 4.74 Å². The van der Waals surface area contributed by atoms with Gasteiger partial charge in [0.25, 0.3) is 0 Å². The molecule has 0 spiro atoms. The summed E-state index contributed by atoms with van der Waals surface area (Å²) in [5.74, 6) is 4.34. The molecule has 9 atom stereocenters. The SMILES string of the molecule is CCC(C)(O)CC=C(C)C1CCC2C3CCC4CC(C)(OC)CCC4(C)C3CCC12C. The minimum Gasteiger partial charge on any atom is -0.390 e. The fraction of sp³-hybridized carbons (Fsp3) is 0.931. The zero-order chi connectivity index (χ0) is 22.7. The molecular formula is C29H50O2. The fourth-order valence-corrected chi connectivity index (χ4v) is 9.02. The number of rotatable bonds is 5. The highest BCUT2D eigenvalue weighted by Gasteiger charge is 2.61. The monoisotopic (exact) mass is 430 g/mol. The molecule has 0 heterocycles. The predicted molar refractivity (Wildman–Crippen MR) is 130 cm³/mol. The molecule has 31 heavy (non-hydrogen) atoms. The lowest BCUT2D eigenvalue weighted by Crippen LogP contribution is -2.55. The Bertz CT molecular complexity index is 695. The molecule has 0 aromatic carbocycles. The first kappa shape index (κ1) is 23.8. The summed E-state index contributed by atoms with van der Waals surface area (Å²) >= 11 is 0. The molecule has 9 unspecified atom stereocenters. The molecule has 2 heteroatoms. The maximum Gasteiger partial charge on any atom is 0.0653 e. The molecule has 0 amide bonds. The van der Waals surface area contributed by atoms with Gasteiger partial charge in [-0.3, -0.25) is 0 Å². The molecule has 0 radical (unpaired) electrons. The summed E-state index contributed by atoms with van der Waals surface area (Å²) in [6, 6.07) is 0. The molecular weight excluding hydrogens is 380 g/mol. The van der Waals surface area contributed by atoms with Crippen molar-refractivity contribution in [2.45, 2.75) is 123 Å². The van der Waals surface area contributed by atoms with E-state index < -0.39 is 5.60 Å². The summed E-state index contributed by atoms with van der Waals surface area (Å²) in [6.07, 6.45) is 16.4. The van der Waals surface area contributed by atoms with Gasteiger partial charge in [-0.15, -0.1) is 0 Å². The molecule has 2 nitrogen and oxygen atoms in total. The van der Waals surface area contributed by atoms with E-state index in [1.807, 2.05) is 14.0 Å². The third-order valence-corrected chi connectivity index (χ3v) is 11.6. The maximum absolute atomic E-state index is 10.5. The largest absolute Gasteiger partial charge is 0.390 e. The Morgan fingerprint density at radius 1 is 1.00 bits per heavy atom. The molecule has 0 aliphatic heterocycles. The van der Waals surface area contributed by atoms with Gasteiger partial charge in [-0.05, 0) is 132 Å². The van der Waals surface area contributed by atoms with Gasteiger partial charge >= 0.3 is 0 Å². The van der Waals surface area contributed by atoms with Crippen molar-refractivity contribution in [3.63, 3.8) is 0 Å². The number of methoxy groups -OCH3 is 1. The van der Waals surface area contributed by atoms with Crippen LogP contribution in [0.2, 0.25) is 0 Å². The predicted octanol–water partition coefficient (Wildman–Crippen LogP) is 7.55. The van der Waals surface area contributed by atoms with E-state index in [0.29, 0.717) is 10.8 Å². The first-order valence-electron chi connectivity index (χ1n) is 13.4. The van der Waals surface area contributed by atoms with Crippen molar-refractivity contribution >= 4 is 0 Å². The highest BCUT2D eigenvalue weighted by atomic mass is 16.5. The molecule has 178 valence electrons.